The van der Waals surface area contributed by atoms with Crippen molar-refractivity contribution in [3.8, 4) is 17.6 Å². The normalized spacial score (nSPS) is 21.4. The smallest absolute Gasteiger partial charge is 0.120 e. The SMILES string of the molecule is CC1CCCC(OCCOc2cccc(C#CCN)c2)C1. The third kappa shape index (κ3) is 5.79. The molecule has 0 amide bonds. The molecule has 1 aliphatic rings. The van der Waals surface area contributed by atoms with Crippen molar-refractivity contribution in [3.05, 3.63) is 29.8 Å². The van der Waals surface area contributed by atoms with Crippen LogP contribution >= 0.6 is 0 Å². The predicted molar refractivity (Wildman–Crippen MR) is 85.2 cm³/mol. The highest BCUT2D eigenvalue weighted by atomic mass is 16.5. The van der Waals surface area contributed by atoms with Gasteiger partial charge in [0.25, 0.3) is 0 Å². The summed E-state index contributed by atoms with van der Waals surface area (Å²) >= 11 is 0. The van der Waals surface area contributed by atoms with Crippen molar-refractivity contribution in [1.29, 1.82) is 0 Å². The molecule has 2 unspecified atom stereocenters. The van der Waals surface area contributed by atoms with Crippen LogP contribution in [0.2, 0.25) is 0 Å². The Kier molecular flexibility index (Phi) is 6.59. The molecule has 114 valence electrons. The number of hydrogen-bond donors (Lipinski definition) is 1. The van der Waals surface area contributed by atoms with Crippen LogP contribution in [-0.4, -0.2) is 25.9 Å². The monoisotopic (exact) mass is 287 g/mol. The van der Waals surface area contributed by atoms with Crippen molar-refractivity contribution in [2.45, 2.75) is 38.7 Å². The van der Waals surface area contributed by atoms with Crippen molar-refractivity contribution in [3.63, 3.8) is 0 Å². The fourth-order valence-corrected chi connectivity index (χ4v) is 2.72. The van der Waals surface area contributed by atoms with Gasteiger partial charge in [0.05, 0.1) is 19.3 Å². The summed E-state index contributed by atoms with van der Waals surface area (Å²) in [5, 5.41) is 0. The van der Waals surface area contributed by atoms with Gasteiger partial charge in [-0.15, -0.1) is 0 Å². The molecule has 0 bridgehead atoms. The molecule has 2 N–H and O–H groups in total. The second-order valence-electron chi connectivity index (χ2n) is 5.65. The average Bonchev–Trinajstić information content (AvgIpc) is 2.50. The van der Waals surface area contributed by atoms with Gasteiger partial charge in [0.2, 0.25) is 0 Å². The number of rotatable bonds is 5. The third-order valence-electron chi connectivity index (χ3n) is 3.76. The predicted octanol–water partition coefficient (Wildman–Crippen LogP) is 2.97. The van der Waals surface area contributed by atoms with Gasteiger partial charge in [0.1, 0.15) is 12.4 Å². The zero-order valence-corrected chi connectivity index (χ0v) is 12.8. The molecule has 2 rings (SSSR count). The van der Waals surface area contributed by atoms with Gasteiger partial charge in [-0.25, -0.2) is 0 Å². The molecular formula is C18H25NO2. The fraction of sp³-hybridized carbons (Fsp3) is 0.556. The van der Waals surface area contributed by atoms with Crippen molar-refractivity contribution in [1.82, 2.24) is 0 Å². The fourth-order valence-electron chi connectivity index (χ4n) is 2.72. The maximum atomic E-state index is 5.90. The summed E-state index contributed by atoms with van der Waals surface area (Å²) in [4.78, 5) is 0. The topological polar surface area (TPSA) is 44.5 Å². The van der Waals surface area contributed by atoms with Crippen LogP contribution in [0.5, 0.6) is 5.75 Å². The Bertz CT molecular complexity index is 489. The van der Waals surface area contributed by atoms with Crippen LogP contribution in [0.1, 0.15) is 38.2 Å². The molecule has 3 nitrogen and oxygen atoms in total. The molecule has 1 aromatic carbocycles. The Hall–Kier alpha value is -1.50. The first-order chi connectivity index (χ1) is 10.3. The van der Waals surface area contributed by atoms with Gasteiger partial charge in [0.15, 0.2) is 0 Å². The van der Waals surface area contributed by atoms with Crippen LogP contribution < -0.4 is 10.5 Å². The minimum Gasteiger partial charge on any atom is -0.491 e. The highest BCUT2D eigenvalue weighted by molar-refractivity contribution is 5.39. The van der Waals surface area contributed by atoms with Crippen LogP contribution in [-0.2, 0) is 4.74 Å². The van der Waals surface area contributed by atoms with E-state index in [2.05, 4.69) is 18.8 Å². The third-order valence-corrected chi connectivity index (χ3v) is 3.76. The molecule has 0 aromatic heterocycles. The molecule has 0 radical (unpaired) electrons. The maximum Gasteiger partial charge on any atom is 0.120 e. The lowest BCUT2D eigenvalue weighted by molar-refractivity contribution is 0.00196. The Balaban J connectivity index is 1.71. The molecule has 3 heteroatoms. The van der Waals surface area contributed by atoms with Gasteiger partial charge in [-0.3, -0.25) is 0 Å². The highest BCUT2D eigenvalue weighted by Gasteiger charge is 2.18. The molecule has 1 aliphatic carbocycles. The molecule has 21 heavy (non-hydrogen) atoms. The maximum absolute atomic E-state index is 5.90. The zero-order valence-electron chi connectivity index (χ0n) is 12.8. The lowest BCUT2D eigenvalue weighted by Crippen LogP contribution is -2.23. The molecule has 0 heterocycles. The molecule has 0 saturated heterocycles. The van der Waals surface area contributed by atoms with Crippen LogP contribution in [0.3, 0.4) is 0 Å². The molecule has 2 atom stereocenters. The Labute approximate surface area is 127 Å². The van der Waals surface area contributed by atoms with E-state index in [1.807, 2.05) is 24.3 Å². The summed E-state index contributed by atoms with van der Waals surface area (Å²) in [6.07, 6.45) is 5.42. The molecule has 1 fully saturated rings. The Morgan fingerprint density at radius 1 is 1.29 bits per heavy atom. The van der Waals surface area contributed by atoms with Crippen LogP contribution in [0.4, 0.5) is 0 Å². The van der Waals surface area contributed by atoms with Gasteiger partial charge in [-0.2, -0.15) is 0 Å². The van der Waals surface area contributed by atoms with Gasteiger partial charge in [-0.1, -0.05) is 37.7 Å². The van der Waals surface area contributed by atoms with E-state index in [1.54, 1.807) is 0 Å². The second kappa shape index (κ2) is 8.71. The largest absolute Gasteiger partial charge is 0.491 e. The Morgan fingerprint density at radius 2 is 2.19 bits per heavy atom. The van der Waals surface area contributed by atoms with E-state index >= 15 is 0 Å². The minimum absolute atomic E-state index is 0.374. The average molecular weight is 287 g/mol. The van der Waals surface area contributed by atoms with Gasteiger partial charge >= 0.3 is 0 Å². The summed E-state index contributed by atoms with van der Waals surface area (Å²) in [6.45, 7) is 3.91. The van der Waals surface area contributed by atoms with Crippen molar-refractivity contribution < 1.29 is 9.47 Å². The second-order valence-corrected chi connectivity index (χ2v) is 5.65. The number of benzene rings is 1. The van der Waals surface area contributed by atoms with Crippen LogP contribution in [0, 0.1) is 17.8 Å². The van der Waals surface area contributed by atoms with Crippen molar-refractivity contribution >= 4 is 0 Å². The van der Waals surface area contributed by atoms with E-state index in [9.17, 15) is 0 Å². The molecular weight excluding hydrogens is 262 g/mol. The van der Waals surface area contributed by atoms with Crippen LogP contribution in [0.15, 0.2) is 24.3 Å². The number of hydrogen-bond acceptors (Lipinski definition) is 3. The lowest BCUT2D eigenvalue weighted by atomic mass is 9.89. The summed E-state index contributed by atoms with van der Waals surface area (Å²) in [6, 6.07) is 7.77. The van der Waals surface area contributed by atoms with Gasteiger partial charge in [-0.05, 0) is 37.0 Å². The molecule has 0 aliphatic heterocycles. The van der Waals surface area contributed by atoms with Crippen LogP contribution in [0.25, 0.3) is 0 Å². The first-order valence-electron chi connectivity index (χ1n) is 7.81. The van der Waals surface area contributed by atoms with E-state index in [4.69, 9.17) is 15.2 Å². The van der Waals surface area contributed by atoms with E-state index < -0.39 is 0 Å². The van der Waals surface area contributed by atoms with E-state index in [-0.39, 0.29) is 0 Å². The van der Waals surface area contributed by atoms with Gasteiger partial charge < -0.3 is 15.2 Å². The summed E-state index contributed by atoms with van der Waals surface area (Å²) < 4.78 is 11.6. The highest BCUT2D eigenvalue weighted by Crippen LogP contribution is 2.25. The van der Waals surface area contributed by atoms with E-state index in [1.165, 1.54) is 25.7 Å². The number of nitrogens with two attached hydrogens (primary N) is 1. The van der Waals surface area contributed by atoms with Gasteiger partial charge in [0, 0.05) is 5.56 Å². The van der Waals surface area contributed by atoms with E-state index in [0.717, 1.165) is 17.2 Å². The quantitative estimate of drug-likeness (QED) is 0.669. The Morgan fingerprint density at radius 3 is 3.00 bits per heavy atom. The summed E-state index contributed by atoms with van der Waals surface area (Å²) in [5.41, 5.74) is 6.30. The first kappa shape index (κ1) is 15.9. The van der Waals surface area contributed by atoms with E-state index in [0.29, 0.717) is 25.9 Å². The van der Waals surface area contributed by atoms with Crippen molar-refractivity contribution in [2.75, 3.05) is 19.8 Å². The summed E-state index contributed by atoms with van der Waals surface area (Å²) in [7, 11) is 0. The lowest BCUT2D eigenvalue weighted by Gasteiger charge is -2.26. The standard InChI is InChI=1S/C18H25NO2/c1-15-5-2-8-17(13-15)20-11-12-21-18-9-3-6-16(14-18)7-4-10-19/h3,6,9,14-15,17H,2,5,8,10-13,19H2,1H3. The number of ether oxygens (including phenoxy) is 2. The molecule has 1 saturated carbocycles. The molecule has 1 aromatic rings. The van der Waals surface area contributed by atoms with Crippen molar-refractivity contribution in [2.24, 2.45) is 11.7 Å². The minimum atomic E-state index is 0.374. The first-order valence-corrected chi connectivity index (χ1v) is 7.81. The summed E-state index contributed by atoms with van der Waals surface area (Å²) in [5.74, 6) is 7.48. The zero-order chi connectivity index (χ0) is 14.9. The molecule has 0 spiro atoms.